The molecule has 45 heavy (non-hydrogen) atoms. The monoisotopic (exact) mass is 650 g/mol. The van der Waals surface area contributed by atoms with Crippen molar-refractivity contribution >= 4 is 38.4 Å². The van der Waals surface area contributed by atoms with Gasteiger partial charge in [-0.25, -0.2) is 13.2 Å². The second-order valence-corrected chi connectivity index (χ2v) is 15.1. The number of nitrogens with zero attached hydrogens (tertiary/aromatic N) is 2. The minimum atomic E-state index is -4.27. The molecule has 0 unspecified atom stereocenters. The lowest BCUT2D eigenvalue weighted by atomic mass is 10.1. The van der Waals surface area contributed by atoms with Crippen LogP contribution in [0.1, 0.15) is 36.7 Å². The van der Waals surface area contributed by atoms with Crippen LogP contribution in [0.5, 0.6) is 5.75 Å². The van der Waals surface area contributed by atoms with E-state index in [0.29, 0.717) is 11.3 Å². The molecular weight excluding hydrogens is 609 g/mol. The van der Waals surface area contributed by atoms with Crippen molar-refractivity contribution in [2.24, 2.45) is 0 Å². The summed E-state index contributed by atoms with van der Waals surface area (Å²) in [5, 5.41) is 0. The average molecular weight is 651 g/mol. The van der Waals surface area contributed by atoms with Crippen molar-refractivity contribution in [3.05, 3.63) is 102 Å². The van der Waals surface area contributed by atoms with Crippen molar-refractivity contribution in [1.82, 2.24) is 0 Å². The van der Waals surface area contributed by atoms with Gasteiger partial charge in [-0.05, 0) is 107 Å². The van der Waals surface area contributed by atoms with Gasteiger partial charge in [-0.1, -0.05) is 17.7 Å². The standard InChI is InChI=1S/C28H35N2O3S.C7H8O3S/c1-28(2,3)33-27(31)20-9-18-26(25(19-20)32-8)34(23-14-10-21(11-15-23)29(4)5)24-16-12-22(13-17-24)30(6)7;1-6-2-4-7(5-3-6)11(8,9)10/h9-19H,1-8H3;2-5H,1H3,(H,8,9,10)/q+1;/p-1. The highest BCUT2D eigenvalue weighted by molar-refractivity contribution is 7.97. The van der Waals surface area contributed by atoms with E-state index in [2.05, 4.69) is 58.3 Å². The van der Waals surface area contributed by atoms with Gasteiger partial charge in [-0.15, -0.1) is 0 Å². The van der Waals surface area contributed by atoms with Gasteiger partial charge in [0.25, 0.3) is 0 Å². The zero-order chi connectivity index (χ0) is 33.5. The van der Waals surface area contributed by atoms with E-state index in [-0.39, 0.29) is 10.9 Å². The number of hydrogen-bond donors (Lipinski definition) is 0. The molecular formula is C35H42N2O6S2. The molecule has 0 aliphatic carbocycles. The van der Waals surface area contributed by atoms with Crippen LogP contribution >= 0.6 is 0 Å². The molecule has 0 amide bonds. The van der Waals surface area contributed by atoms with E-state index < -0.39 is 26.6 Å². The number of methoxy groups -OCH3 is 1. The van der Waals surface area contributed by atoms with E-state index in [0.717, 1.165) is 21.8 Å². The molecule has 0 spiro atoms. The van der Waals surface area contributed by atoms with Gasteiger partial charge in [0.15, 0.2) is 15.5 Å². The van der Waals surface area contributed by atoms with Gasteiger partial charge in [-0.3, -0.25) is 0 Å². The van der Waals surface area contributed by atoms with Crippen LogP contribution in [-0.4, -0.2) is 59.8 Å². The molecule has 8 nitrogen and oxygen atoms in total. The zero-order valence-electron chi connectivity index (χ0n) is 27.3. The lowest BCUT2D eigenvalue weighted by molar-refractivity contribution is 0.00689. The molecule has 0 heterocycles. The van der Waals surface area contributed by atoms with E-state index in [4.69, 9.17) is 9.47 Å². The highest BCUT2D eigenvalue weighted by Crippen LogP contribution is 2.38. The molecule has 0 aliphatic rings. The number of hydrogen-bond acceptors (Lipinski definition) is 8. The number of aryl methyl sites for hydroxylation is 1. The number of esters is 1. The first-order chi connectivity index (χ1) is 21.0. The Hall–Kier alpha value is -3.99. The van der Waals surface area contributed by atoms with Crippen LogP contribution in [0.15, 0.2) is 111 Å². The van der Waals surface area contributed by atoms with Crippen molar-refractivity contribution in [3.8, 4) is 5.75 Å². The third-order valence-electron chi connectivity index (χ3n) is 6.51. The molecule has 0 N–H and O–H groups in total. The van der Waals surface area contributed by atoms with Gasteiger partial charge in [0.2, 0.25) is 4.90 Å². The van der Waals surface area contributed by atoms with Crippen LogP contribution in [-0.2, 0) is 25.7 Å². The zero-order valence-corrected chi connectivity index (χ0v) is 29.0. The summed E-state index contributed by atoms with van der Waals surface area (Å²) in [5.41, 5.74) is 3.13. The molecule has 4 rings (SSSR count). The molecule has 0 saturated carbocycles. The normalized spacial score (nSPS) is 11.4. The Morgan fingerprint density at radius 3 is 1.60 bits per heavy atom. The van der Waals surface area contributed by atoms with Gasteiger partial charge >= 0.3 is 5.97 Å². The number of carbonyl (C=O) groups excluding carboxylic acids is 1. The predicted molar refractivity (Wildman–Crippen MR) is 181 cm³/mol. The summed E-state index contributed by atoms with van der Waals surface area (Å²) in [4.78, 5) is 20.0. The third-order valence-corrected chi connectivity index (χ3v) is 9.62. The van der Waals surface area contributed by atoms with Crippen molar-refractivity contribution in [2.75, 3.05) is 45.1 Å². The summed E-state index contributed by atoms with van der Waals surface area (Å²) in [6.45, 7) is 7.41. The number of benzene rings is 4. The van der Waals surface area contributed by atoms with Crippen LogP contribution in [0.2, 0.25) is 0 Å². The maximum absolute atomic E-state index is 12.7. The first-order valence-corrected chi connectivity index (χ1v) is 16.9. The Morgan fingerprint density at radius 1 is 0.756 bits per heavy atom. The van der Waals surface area contributed by atoms with Crippen molar-refractivity contribution in [1.29, 1.82) is 0 Å². The summed E-state index contributed by atoms with van der Waals surface area (Å²) in [6.07, 6.45) is 0. The molecule has 0 saturated heterocycles. The number of ether oxygens (including phenoxy) is 2. The molecule has 0 aliphatic heterocycles. The molecule has 0 radical (unpaired) electrons. The highest BCUT2D eigenvalue weighted by atomic mass is 32.2. The number of carbonyl (C=O) groups is 1. The Bertz CT molecular complexity index is 1630. The van der Waals surface area contributed by atoms with Gasteiger partial charge in [0.05, 0.1) is 17.6 Å². The third kappa shape index (κ3) is 10.0. The van der Waals surface area contributed by atoms with Crippen LogP contribution in [0.4, 0.5) is 11.4 Å². The summed E-state index contributed by atoms with van der Waals surface area (Å²) in [7, 11) is 5.09. The largest absolute Gasteiger partial charge is 0.744 e. The van der Waals surface area contributed by atoms with E-state index in [9.17, 15) is 17.8 Å². The maximum atomic E-state index is 12.7. The van der Waals surface area contributed by atoms with Crippen LogP contribution < -0.4 is 14.5 Å². The predicted octanol–water partition coefficient (Wildman–Crippen LogP) is 6.78. The van der Waals surface area contributed by atoms with Crippen molar-refractivity contribution in [2.45, 2.75) is 52.9 Å². The number of anilines is 2. The van der Waals surface area contributed by atoms with Gasteiger partial charge < -0.3 is 23.8 Å². The first-order valence-electron chi connectivity index (χ1n) is 14.2. The van der Waals surface area contributed by atoms with E-state index in [1.165, 1.54) is 21.9 Å². The molecule has 0 bridgehead atoms. The molecule has 4 aromatic rings. The van der Waals surface area contributed by atoms with Crippen molar-refractivity contribution < 1.29 is 27.2 Å². The summed E-state index contributed by atoms with van der Waals surface area (Å²) >= 11 is 0. The summed E-state index contributed by atoms with van der Waals surface area (Å²) in [5.74, 6) is 0.308. The highest BCUT2D eigenvalue weighted by Gasteiger charge is 2.33. The Kier molecular flexibility index (Phi) is 11.7. The fraction of sp³-hybridized carbons (Fsp3) is 0.286. The van der Waals surface area contributed by atoms with Crippen LogP contribution in [0, 0.1) is 6.92 Å². The van der Waals surface area contributed by atoms with Gasteiger partial charge in [0.1, 0.15) is 26.6 Å². The molecule has 0 fully saturated rings. The second kappa shape index (κ2) is 14.9. The Morgan fingerprint density at radius 2 is 1.22 bits per heavy atom. The fourth-order valence-electron chi connectivity index (χ4n) is 4.16. The lowest BCUT2D eigenvalue weighted by Gasteiger charge is -2.20. The first kappa shape index (κ1) is 35.5. The molecule has 240 valence electrons. The topological polar surface area (TPSA) is 99.2 Å². The Labute approximate surface area is 270 Å². The molecule has 0 aromatic heterocycles. The molecule has 4 aromatic carbocycles. The Balaban J connectivity index is 0.000000423. The summed E-state index contributed by atoms with van der Waals surface area (Å²) < 4.78 is 42.5. The maximum Gasteiger partial charge on any atom is 0.338 e. The quantitative estimate of drug-likeness (QED) is 0.117. The second-order valence-electron chi connectivity index (χ2n) is 11.7. The molecule has 10 heteroatoms. The average Bonchev–Trinajstić information content (AvgIpc) is 2.97. The number of rotatable bonds is 8. The smallest absolute Gasteiger partial charge is 0.338 e. The SMILES string of the molecule is COc1cc(C(=O)OC(C)(C)C)ccc1[S+](c1ccc(N(C)C)cc1)c1ccc(N(C)C)cc1.Cc1ccc(S(=O)(=O)[O-])cc1. The van der Waals surface area contributed by atoms with E-state index in [1.54, 1.807) is 25.3 Å². The summed E-state index contributed by atoms with van der Waals surface area (Å²) in [6, 6.07) is 28.6. The van der Waals surface area contributed by atoms with Crippen LogP contribution in [0.25, 0.3) is 0 Å². The van der Waals surface area contributed by atoms with Gasteiger partial charge in [-0.2, -0.15) is 0 Å². The van der Waals surface area contributed by atoms with Crippen LogP contribution in [0.3, 0.4) is 0 Å². The van der Waals surface area contributed by atoms with Crippen molar-refractivity contribution in [3.63, 3.8) is 0 Å². The fourth-order valence-corrected chi connectivity index (χ4v) is 6.77. The lowest BCUT2D eigenvalue weighted by Crippen LogP contribution is -2.24. The van der Waals surface area contributed by atoms with E-state index >= 15 is 0 Å². The minimum Gasteiger partial charge on any atom is -0.744 e. The minimum absolute atomic E-state index is 0.178. The molecule has 0 atom stereocenters. The van der Waals surface area contributed by atoms with E-state index in [1.807, 2.05) is 68.0 Å². The van der Waals surface area contributed by atoms with Gasteiger partial charge in [0, 0.05) is 39.6 Å².